The molecule has 3 aromatic rings. The van der Waals surface area contributed by atoms with E-state index in [4.69, 9.17) is 33.0 Å². The lowest BCUT2D eigenvalue weighted by Crippen LogP contribution is -2.38. The fraction of sp³-hybridized carbons (Fsp3) is 0.0909. The smallest absolute Gasteiger partial charge is 0.325 e. The highest BCUT2D eigenvalue weighted by atomic mass is 35.5. The molecule has 1 atom stereocenters. The molecule has 33 heavy (non-hydrogen) atoms. The zero-order valence-corrected chi connectivity index (χ0v) is 19.4. The average molecular weight is 509 g/mol. The molecule has 1 amide bonds. The van der Waals surface area contributed by atoms with Gasteiger partial charge in [-0.05, 0) is 61.5 Å². The summed E-state index contributed by atoms with van der Waals surface area (Å²) in [5.41, 5.74) is -0.191. The van der Waals surface area contributed by atoms with E-state index in [1.165, 1.54) is 49.4 Å². The first-order chi connectivity index (χ1) is 15.6. The van der Waals surface area contributed by atoms with Crippen LogP contribution in [0.3, 0.4) is 0 Å². The number of carbonyl (C=O) groups is 2. The molecule has 11 heteroatoms. The Labute approximate surface area is 200 Å². The van der Waals surface area contributed by atoms with Gasteiger partial charge in [-0.15, -0.1) is 0 Å². The molecule has 0 spiro atoms. The summed E-state index contributed by atoms with van der Waals surface area (Å²) in [5.74, 6) is -1.25. The van der Waals surface area contributed by atoms with Gasteiger partial charge in [-0.2, -0.15) is 0 Å². The van der Waals surface area contributed by atoms with Crippen molar-refractivity contribution in [2.45, 2.75) is 17.9 Å². The number of nitrogens with one attached hydrogen (secondary N) is 2. The Balaban J connectivity index is 1.82. The summed E-state index contributed by atoms with van der Waals surface area (Å²) in [7, 11) is -4.10. The molecular weight excluding hydrogens is 491 g/mol. The van der Waals surface area contributed by atoms with Gasteiger partial charge in [0.15, 0.2) is 0 Å². The molecule has 0 aliphatic heterocycles. The van der Waals surface area contributed by atoms with Crippen LogP contribution in [0.2, 0.25) is 10.0 Å². The topological polar surface area (TPSA) is 122 Å². The molecule has 3 N–H and O–H groups in total. The number of rotatable bonds is 8. The van der Waals surface area contributed by atoms with E-state index in [1.54, 1.807) is 24.3 Å². The molecule has 0 radical (unpaired) electrons. The van der Waals surface area contributed by atoms with Crippen molar-refractivity contribution in [3.63, 3.8) is 0 Å². The lowest BCUT2D eigenvalue weighted by molar-refractivity contribution is -0.138. The normalized spacial score (nSPS) is 12.0. The maximum atomic E-state index is 12.9. The van der Waals surface area contributed by atoms with Crippen molar-refractivity contribution in [3.05, 3.63) is 82.3 Å². The number of benzene rings is 3. The fourth-order valence-corrected chi connectivity index (χ4v) is 4.10. The fourth-order valence-electron chi connectivity index (χ4n) is 2.67. The molecule has 3 rings (SSSR count). The van der Waals surface area contributed by atoms with Crippen molar-refractivity contribution in [2.75, 3.05) is 4.72 Å². The van der Waals surface area contributed by atoms with Crippen molar-refractivity contribution in [3.8, 4) is 11.5 Å². The van der Waals surface area contributed by atoms with Crippen LogP contribution in [0.25, 0.3) is 0 Å². The molecule has 3 aromatic carbocycles. The minimum absolute atomic E-state index is 0.0640. The number of carboxylic acid groups (broad SMARTS) is 1. The van der Waals surface area contributed by atoms with E-state index in [0.717, 1.165) is 0 Å². The first-order valence-electron chi connectivity index (χ1n) is 9.45. The van der Waals surface area contributed by atoms with Gasteiger partial charge in [0.05, 0.1) is 21.2 Å². The Morgan fingerprint density at radius 2 is 1.67 bits per heavy atom. The van der Waals surface area contributed by atoms with Gasteiger partial charge in [0.1, 0.15) is 17.5 Å². The van der Waals surface area contributed by atoms with Crippen LogP contribution in [0.1, 0.15) is 17.3 Å². The average Bonchev–Trinajstić information content (AvgIpc) is 2.76. The molecule has 0 saturated heterocycles. The van der Waals surface area contributed by atoms with Gasteiger partial charge in [-0.25, -0.2) is 8.42 Å². The second-order valence-electron chi connectivity index (χ2n) is 6.83. The van der Waals surface area contributed by atoms with Gasteiger partial charge in [-0.1, -0.05) is 35.3 Å². The highest BCUT2D eigenvalue weighted by Gasteiger charge is 2.22. The van der Waals surface area contributed by atoms with Crippen LogP contribution in [0.4, 0.5) is 5.69 Å². The van der Waals surface area contributed by atoms with E-state index in [2.05, 4.69) is 10.0 Å². The summed E-state index contributed by atoms with van der Waals surface area (Å²) in [6.45, 7) is 1.28. The SMILES string of the molecule is C[C@@H](NC(=O)c1cc(Cl)ccc1NS(=O)(=O)c1ccc(Oc2ccccc2Cl)cc1)C(=O)O. The molecule has 0 fully saturated rings. The number of para-hydroxylation sites is 1. The Morgan fingerprint density at radius 1 is 1.00 bits per heavy atom. The summed E-state index contributed by atoms with van der Waals surface area (Å²) in [6.07, 6.45) is 0. The zero-order chi connectivity index (χ0) is 24.2. The predicted molar refractivity (Wildman–Crippen MR) is 125 cm³/mol. The predicted octanol–water partition coefficient (Wildman–Crippen LogP) is 4.79. The van der Waals surface area contributed by atoms with Gasteiger partial charge < -0.3 is 15.2 Å². The summed E-state index contributed by atoms with van der Waals surface area (Å²) >= 11 is 12.0. The van der Waals surface area contributed by atoms with Crippen molar-refractivity contribution in [1.29, 1.82) is 0 Å². The molecule has 0 aromatic heterocycles. The number of carboxylic acids is 1. The Kier molecular flexibility index (Phi) is 7.47. The van der Waals surface area contributed by atoms with Gasteiger partial charge in [0.25, 0.3) is 15.9 Å². The van der Waals surface area contributed by atoms with Crippen molar-refractivity contribution in [1.82, 2.24) is 5.32 Å². The summed E-state index contributed by atoms with van der Waals surface area (Å²) in [6, 6.07) is 15.2. The largest absolute Gasteiger partial charge is 0.480 e. The van der Waals surface area contributed by atoms with E-state index < -0.39 is 27.9 Å². The third-order valence-corrected chi connectivity index (χ3v) is 6.32. The minimum atomic E-state index is -4.10. The molecule has 8 nitrogen and oxygen atoms in total. The second kappa shape index (κ2) is 10.1. The van der Waals surface area contributed by atoms with Gasteiger partial charge in [0.2, 0.25) is 0 Å². The molecule has 0 heterocycles. The van der Waals surface area contributed by atoms with Crippen LogP contribution in [0.5, 0.6) is 11.5 Å². The number of hydrogen-bond donors (Lipinski definition) is 3. The summed E-state index contributed by atoms with van der Waals surface area (Å²) in [5, 5.41) is 11.8. The molecule has 0 aliphatic rings. The van der Waals surface area contributed by atoms with Crippen LogP contribution in [-0.2, 0) is 14.8 Å². The van der Waals surface area contributed by atoms with E-state index in [0.29, 0.717) is 16.5 Å². The third kappa shape index (κ3) is 6.16. The molecule has 0 unspecified atom stereocenters. The van der Waals surface area contributed by atoms with Gasteiger partial charge in [-0.3, -0.25) is 14.3 Å². The quantitative estimate of drug-likeness (QED) is 0.402. The first kappa shape index (κ1) is 24.4. The van der Waals surface area contributed by atoms with Crippen LogP contribution in [0, 0.1) is 0 Å². The minimum Gasteiger partial charge on any atom is -0.480 e. The lowest BCUT2D eigenvalue weighted by atomic mass is 10.1. The van der Waals surface area contributed by atoms with Crippen LogP contribution < -0.4 is 14.8 Å². The zero-order valence-electron chi connectivity index (χ0n) is 17.1. The molecule has 0 bridgehead atoms. The van der Waals surface area contributed by atoms with Crippen LogP contribution >= 0.6 is 23.2 Å². The van der Waals surface area contributed by atoms with E-state index in [-0.39, 0.29) is 21.2 Å². The standard InChI is InChI=1S/C22H18Cl2N2O6S/c1-13(22(28)29)25-21(27)17-12-14(23)6-11-19(17)26-33(30,31)16-9-7-15(8-10-16)32-20-5-3-2-4-18(20)24/h2-13,26H,1H3,(H,25,27)(H,28,29)/t13-/m1/s1. The number of aliphatic carboxylic acids is 1. The molecule has 0 aliphatic carbocycles. The van der Waals surface area contributed by atoms with Gasteiger partial charge in [0, 0.05) is 5.02 Å². The van der Waals surface area contributed by atoms with E-state index in [9.17, 15) is 18.0 Å². The lowest BCUT2D eigenvalue weighted by Gasteiger charge is -2.15. The van der Waals surface area contributed by atoms with Crippen molar-refractivity contribution < 1.29 is 27.9 Å². The van der Waals surface area contributed by atoms with Crippen LogP contribution in [-0.4, -0.2) is 31.4 Å². The first-order valence-corrected chi connectivity index (χ1v) is 11.7. The van der Waals surface area contributed by atoms with Crippen LogP contribution in [0.15, 0.2) is 71.6 Å². The highest BCUT2D eigenvalue weighted by Crippen LogP contribution is 2.30. The Morgan fingerprint density at radius 3 is 2.30 bits per heavy atom. The highest BCUT2D eigenvalue weighted by molar-refractivity contribution is 7.92. The van der Waals surface area contributed by atoms with Gasteiger partial charge >= 0.3 is 5.97 Å². The number of halogens is 2. The monoisotopic (exact) mass is 508 g/mol. The molecule has 0 saturated carbocycles. The van der Waals surface area contributed by atoms with Crippen molar-refractivity contribution >= 4 is 50.8 Å². The van der Waals surface area contributed by atoms with E-state index >= 15 is 0 Å². The number of ether oxygens (including phenoxy) is 1. The maximum Gasteiger partial charge on any atom is 0.325 e. The molecular formula is C22H18Cl2N2O6S. The van der Waals surface area contributed by atoms with Crippen molar-refractivity contribution in [2.24, 2.45) is 0 Å². The Hall–Kier alpha value is -3.27. The number of hydrogen-bond acceptors (Lipinski definition) is 5. The molecule has 172 valence electrons. The second-order valence-corrected chi connectivity index (χ2v) is 9.36. The number of amides is 1. The maximum absolute atomic E-state index is 12.9. The Bertz CT molecular complexity index is 1300. The third-order valence-electron chi connectivity index (χ3n) is 4.39. The number of carbonyl (C=O) groups excluding carboxylic acids is 1. The van der Waals surface area contributed by atoms with E-state index in [1.807, 2.05) is 0 Å². The number of anilines is 1. The summed E-state index contributed by atoms with van der Waals surface area (Å²) in [4.78, 5) is 23.4. The number of sulfonamides is 1. The summed E-state index contributed by atoms with van der Waals surface area (Å²) < 4.78 is 33.8.